The lowest BCUT2D eigenvalue weighted by molar-refractivity contribution is 0.108. The highest BCUT2D eigenvalue weighted by atomic mass is 32.2. The van der Waals surface area contributed by atoms with Crippen LogP contribution >= 0.6 is 11.8 Å². The standard InChI is InChI=1S/C16H23FO3S/c1-4-14-12(6-7-19-3)10-13(11-15(14)17)16(18)21-9-8-20-5-2/h10-11H,4-9H2,1-3H3. The summed E-state index contributed by atoms with van der Waals surface area (Å²) in [6, 6.07) is 3.13. The third-order valence-electron chi connectivity index (χ3n) is 3.12. The van der Waals surface area contributed by atoms with E-state index < -0.39 is 0 Å². The van der Waals surface area contributed by atoms with Crippen LogP contribution in [0.25, 0.3) is 0 Å². The summed E-state index contributed by atoms with van der Waals surface area (Å²) in [5.74, 6) is 0.275. The van der Waals surface area contributed by atoms with E-state index in [9.17, 15) is 9.18 Å². The van der Waals surface area contributed by atoms with E-state index in [1.54, 1.807) is 13.2 Å². The molecule has 5 heteroatoms. The zero-order valence-corrected chi connectivity index (χ0v) is 13.7. The van der Waals surface area contributed by atoms with Gasteiger partial charge in [0.05, 0.1) is 13.2 Å². The normalized spacial score (nSPS) is 10.9. The summed E-state index contributed by atoms with van der Waals surface area (Å²) >= 11 is 1.16. The quantitative estimate of drug-likeness (QED) is 0.654. The minimum absolute atomic E-state index is 0.116. The molecule has 0 spiro atoms. The zero-order valence-electron chi connectivity index (χ0n) is 12.9. The summed E-state index contributed by atoms with van der Waals surface area (Å²) in [5.41, 5.74) is 1.94. The smallest absolute Gasteiger partial charge is 0.219 e. The molecular formula is C16H23FO3S. The van der Waals surface area contributed by atoms with Gasteiger partial charge in [0.1, 0.15) is 5.82 Å². The second kappa shape index (κ2) is 9.92. The van der Waals surface area contributed by atoms with Crippen LogP contribution in [0.1, 0.15) is 35.3 Å². The minimum Gasteiger partial charge on any atom is -0.384 e. The first-order valence-electron chi connectivity index (χ1n) is 7.19. The molecule has 21 heavy (non-hydrogen) atoms. The van der Waals surface area contributed by atoms with Crippen LogP contribution in [-0.2, 0) is 22.3 Å². The van der Waals surface area contributed by atoms with Crippen LogP contribution in [0.2, 0.25) is 0 Å². The summed E-state index contributed by atoms with van der Waals surface area (Å²) in [4.78, 5) is 12.1. The van der Waals surface area contributed by atoms with E-state index in [1.165, 1.54) is 6.07 Å². The highest BCUT2D eigenvalue weighted by Gasteiger charge is 2.14. The average molecular weight is 314 g/mol. The van der Waals surface area contributed by atoms with Gasteiger partial charge in [-0.3, -0.25) is 4.79 Å². The third kappa shape index (κ3) is 5.77. The average Bonchev–Trinajstić information content (AvgIpc) is 2.48. The van der Waals surface area contributed by atoms with Crippen LogP contribution < -0.4 is 0 Å². The van der Waals surface area contributed by atoms with Crippen LogP contribution in [0, 0.1) is 5.82 Å². The number of hydrogen-bond donors (Lipinski definition) is 0. The topological polar surface area (TPSA) is 35.5 Å². The molecule has 0 atom stereocenters. The van der Waals surface area contributed by atoms with Gasteiger partial charge in [-0.25, -0.2) is 4.39 Å². The van der Waals surface area contributed by atoms with Gasteiger partial charge in [-0.15, -0.1) is 0 Å². The lowest BCUT2D eigenvalue weighted by Gasteiger charge is -2.11. The Hall–Kier alpha value is -0.910. The second-order valence-electron chi connectivity index (χ2n) is 4.52. The van der Waals surface area contributed by atoms with Crippen LogP contribution in [0.4, 0.5) is 4.39 Å². The van der Waals surface area contributed by atoms with Crippen molar-refractivity contribution < 1.29 is 18.7 Å². The molecule has 0 N–H and O–H groups in total. The van der Waals surface area contributed by atoms with Crippen molar-refractivity contribution in [2.45, 2.75) is 26.7 Å². The molecule has 0 saturated carbocycles. The number of rotatable bonds is 9. The Morgan fingerprint density at radius 3 is 2.67 bits per heavy atom. The Balaban J connectivity index is 2.82. The van der Waals surface area contributed by atoms with Crippen molar-refractivity contribution in [2.24, 2.45) is 0 Å². The van der Waals surface area contributed by atoms with Gasteiger partial charge in [0.2, 0.25) is 5.12 Å². The molecule has 3 nitrogen and oxygen atoms in total. The lowest BCUT2D eigenvalue weighted by atomic mass is 9.99. The van der Waals surface area contributed by atoms with Gasteiger partial charge in [-0.1, -0.05) is 18.7 Å². The number of ether oxygens (including phenoxy) is 2. The van der Waals surface area contributed by atoms with Crippen molar-refractivity contribution in [3.63, 3.8) is 0 Å². The molecule has 0 aliphatic carbocycles. The molecule has 0 unspecified atom stereocenters. The molecule has 0 aliphatic rings. The number of benzene rings is 1. The maximum atomic E-state index is 14.1. The van der Waals surface area contributed by atoms with Crippen molar-refractivity contribution in [1.82, 2.24) is 0 Å². The first-order valence-corrected chi connectivity index (χ1v) is 8.17. The predicted octanol–water partition coefficient (Wildman–Crippen LogP) is 3.49. The van der Waals surface area contributed by atoms with Gasteiger partial charge in [-0.05, 0) is 43.0 Å². The Kier molecular flexibility index (Phi) is 8.57. The molecule has 0 bridgehead atoms. The number of hydrogen-bond acceptors (Lipinski definition) is 4. The van der Waals surface area contributed by atoms with Crippen molar-refractivity contribution >= 4 is 16.9 Å². The Morgan fingerprint density at radius 1 is 1.29 bits per heavy atom. The number of thioether (sulfide) groups is 1. The summed E-state index contributed by atoms with van der Waals surface area (Å²) in [7, 11) is 1.61. The summed E-state index contributed by atoms with van der Waals surface area (Å²) in [5, 5.41) is -0.116. The molecule has 0 aromatic heterocycles. The van der Waals surface area contributed by atoms with Gasteiger partial charge in [-0.2, -0.15) is 0 Å². The molecule has 0 radical (unpaired) electrons. The van der Waals surface area contributed by atoms with Crippen molar-refractivity contribution in [2.75, 3.05) is 32.7 Å². The molecule has 0 saturated heterocycles. The van der Waals surface area contributed by atoms with E-state index in [0.717, 1.165) is 17.3 Å². The number of carbonyl (C=O) groups excluding carboxylic acids is 1. The van der Waals surface area contributed by atoms with Crippen LogP contribution in [0.3, 0.4) is 0 Å². The summed E-state index contributed by atoms with van der Waals surface area (Å²) in [6.45, 7) is 5.50. The van der Waals surface area contributed by atoms with Crippen LogP contribution in [0.15, 0.2) is 12.1 Å². The highest BCUT2D eigenvalue weighted by molar-refractivity contribution is 8.14. The first-order chi connectivity index (χ1) is 10.1. The van der Waals surface area contributed by atoms with E-state index in [1.807, 2.05) is 13.8 Å². The zero-order chi connectivity index (χ0) is 15.7. The summed E-state index contributed by atoms with van der Waals surface area (Å²) in [6.07, 6.45) is 1.22. The van der Waals surface area contributed by atoms with Crippen LogP contribution in [-0.4, -0.2) is 37.8 Å². The van der Waals surface area contributed by atoms with Crippen molar-refractivity contribution in [3.8, 4) is 0 Å². The largest absolute Gasteiger partial charge is 0.384 e. The Labute approximate surface area is 130 Å². The first kappa shape index (κ1) is 18.1. The molecule has 1 rings (SSSR count). The lowest BCUT2D eigenvalue weighted by Crippen LogP contribution is -2.06. The van der Waals surface area contributed by atoms with Crippen LogP contribution in [0.5, 0.6) is 0 Å². The fourth-order valence-corrected chi connectivity index (χ4v) is 2.73. The highest BCUT2D eigenvalue weighted by Crippen LogP contribution is 2.21. The molecule has 0 aliphatic heterocycles. The second-order valence-corrected chi connectivity index (χ2v) is 5.59. The number of carbonyl (C=O) groups is 1. The maximum absolute atomic E-state index is 14.1. The van der Waals surface area contributed by atoms with E-state index in [0.29, 0.717) is 49.5 Å². The van der Waals surface area contributed by atoms with E-state index in [4.69, 9.17) is 9.47 Å². The van der Waals surface area contributed by atoms with Gasteiger partial charge in [0.15, 0.2) is 0 Å². The fourth-order valence-electron chi connectivity index (χ4n) is 2.06. The van der Waals surface area contributed by atoms with Gasteiger partial charge >= 0.3 is 0 Å². The SMILES string of the molecule is CCOCCSC(=O)c1cc(F)c(CC)c(CCOC)c1. The Bertz CT molecular complexity index is 463. The molecule has 0 amide bonds. The third-order valence-corrected chi connectivity index (χ3v) is 3.99. The maximum Gasteiger partial charge on any atom is 0.219 e. The molecule has 118 valence electrons. The Morgan fingerprint density at radius 2 is 2.05 bits per heavy atom. The molecule has 0 fully saturated rings. The van der Waals surface area contributed by atoms with E-state index in [2.05, 4.69) is 0 Å². The van der Waals surface area contributed by atoms with Gasteiger partial charge < -0.3 is 9.47 Å². The molecular weight excluding hydrogens is 291 g/mol. The molecule has 1 aromatic rings. The number of methoxy groups -OCH3 is 1. The minimum atomic E-state index is -0.306. The van der Waals surface area contributed by atoms with Gasteiger partial charge in [0, 0.05) is 25.0 Å². The summed E-state index contributed by atoms with van der Waals surface area (Å²) < 4.78 is 24.4. The number of halogens is 1. The monoisotopic (exact) mass is 314 g/mol. The van der Waals surface area contributed by atoms with E-state index in [-0.39, 0.29) is 10.9 Å². The van der Waals surface area contributed by atoms with Gasteiger partial charge in [0.25, 0.3) is 0 Å². The predicted molar refractivity (Wildman–Crippen MR) is 84.6 cm³/mol. The molecule has 1 aromatic carbocycles. The fraction of sp³-hybridized carbons (Fsp3) is 0.562. The van der Waals surface area contributed by atoms with Crippen molar-refractivity contribution in [1.29, 1.82) is 0 Å². The van der Waals surface area contributed by atoms with E-state index >= 15 is 0 Å². The van der Waals surface area contributed by atoms with Crippen molar-refractivity contribution in [3.05, 3.63) is 34.6 Å². The molecule has 0 heterocycles.